The Morgan fingerprint density at radius 3 is 2.60 bits per heavy atom. The molecule has 0 aliphatic rings. The fourth-order valence-corrected chi connectivity index (χ4v) is 1.36. The second-order valence-corrected chi connectivity index (χ2v) is 4.50. The Kier molecular flexibility index (Phi) is 3.39. The van der Waals surface area contributed by atoms with Crippen molar-refractivity contribution in [1.29, 1.82) is 0 Å². The summed E-state index contributed by atoms with van der Waals surface area (Å²) >= 11 is 6.06. The quantitative estimate of drug-likeness (QED) is 0.863. The van der Waals surface area contributed by atoms with E-state index in [9.17, 15) is 0 Å². The molecule has 15 heavy (non-hydrogen) atoms. The van der Waals surface area contributed by atoms with Gasteiger partial charge < -0.3 is 10.6 Å². The van der Waals surface area contributed by atoms with Crippen LogP contribution in [-0.4, -0.2) is 22.6 Å². The highest BCUT2D eigenvalue weighted by atomic mass is 35.5. The summed E-state index contributed by atoms with van der Waals surface area (Å²) < 4.78 is 0. The molecule has 1 aromatic rings. The molecule has 1 aromatic heterocycles. The van der Waals surface area contributed by atoms with E-state index in [0.29, 0.717) is 16.7 Å². The van der Waals surface area contributed by atoms with E-state index in [1.807, 2.05) is 11.9 Å². The molecule has 2 N–H and O–H groups in total. The van der Waals surface area contributed by atoms with Gasteiger partial charge in [-0.25, -0.2) is 9.97 Å². The first-order valence-corrected chi connectivity index (χ1v) is 5.27. The van der Waals surface area contributed by atoms with Gasteiger partial charge in [-0.2, -0.15) is 0 Å². The average Bonchev–Trinajstić information content (AvgIpc) is 2.21. The number of aromatic nitrogens is 2. The number of anilines is 2. The van der Waals surface area contributed by atoms with E-state index >= 15 is 0 Å². The Bertz CT molecular complexity index is 351. The van der Waals surface area contributed by atoms with Crippen molar-refractivity contribution < 1.29 is 0 Å². The largest absolute Gasteiger partial charge is 0.382 e. The zero-order valence-electron chi connectivity index (χ0n) is 9.58. The Labute approximate surface area is 95.5 Å². The van der Waals surface area contributed by atoms with Gasteiger partial charge in [0.15, 0.2) is 5.82 Å². The molecule has 0 saturated carbocycles. The third-order valence-electron chi connectivity index (χ3n) is 2.89. The predicted molar refractivity (Wildman–Crippen MR) is 64.2 cm³/mol. The number of nitrogens with zero attached hydrogens (tertiary/aromatic N) is 3. The molecule has 0 unspecified atom stereocenters. The molecular formula is C10H17ClN4. The average molecular weight is 229 g/mol. The minimum Gasteiger partial charge on any atom is -0.382 e. The fraction of sp³-hybridized carbons (Fsp3) is 0.600. The number of rotatable bonds is 3. The van der Waals surface area contributed by atoms with Gasteiger partial charge in [0.1, 0.15) is 17.2 Å². The van der Waals surface area contributed by atoms with Gasteiger partial charge in [-0.15, -0.1) is 0 Å². The van der Waals surface area contributed by atoms with E-state index in [-0.39, 0.29) is 5.54 Å². The summed E-state index contributed by atoms with van der Waals surface area (Å²) in [5.74, 6) is 0.997. The molecule has 0 amide bonds. The predicted octanol–water partition coefficient (Wildman–Crippen LogP) is 2.34. The summed E-state index contributed by atoms with van der Waals surface area (Å²) in [4.78, 5) is 10.0. The zero-order chi connectivity index (χ0) is 11.6. The van der Waals surface area contributed by atoms with Crippen LogP contribution in [0.15, 0.2) is 6.33 Å². The monoisotopic (exact) mass is 228 g/mol. The summed E-state index contributed by atoms with van der Waals surface area (Å²) in [6.45, 7) is 6.37. The van der Waals surface area contributed by atoms with Crippen LogP contribution in [0.3, 0.4) is 0 Å². The van der Waals surface area contributed by atoms with Crippen LogP contribution in [-0.2, 0) is 0 Å². The lowest BCUT2D eigenvalue weighted by Crippen LogP contribution is -2.41. The molecule has 1 rings (SSSR count). The van der Waals surface area contributed by atoms with Crippen LogP contribution in [0.4, 0.5) is 11.6 Å². The van der Waals surface area contributed by atoms with Crippen LogP contribution < -0.4 is 10.6 Å². The molecular weight excluding hydrogens is 212 g/mol. The first-order chi connectivity index (χ1) is 6.90. The molecule has 0 radical (unpaired) electrons. The van der Waals surface area contributed by atoms with Crippen molar-refractivity contribution in [3.8, 4) is 0 Å². The SMILES string of the molecule is CCC(C)(C)N(C)c1ncnc(N)c1Cl. The van der Waals surface area contributed by atoms with Crippen molar-refractivity contribution in [2.45, 2.75) is 32.7 Å². The smallest absolute Gasteiger partial charge is 0.153 e. The lowest BCUT2D eigenvalue weighted by molar-refractivity contribution is 0.467. The van der Waals surface area contributed by atoms with Gasteiger partial charge >= 0.3 is 0 Å². The van der Waals surface area contributed by atoms with Gasteiger partial charge in [0, 0.05) is 12.6 Å². The molecule has 0 spiro atoms. The van der Waals surface area contributed by atoms with Crippen molar-refractivity contribution in [3.63, 3.8) is 0 Å². The van der Waals surface area contributed by atoms with Gasteiger partial charge in [0.2, 0.25) is 0 Å². The van der Waals surface area contributed by atoms with Crippen molar-refractivity contribution in [3.05, 3.63) is 11.3 Å². The van der Waals surface area contributed by atoms with Crippen molar-refractivity contribution in [1.82, 2.24) is 9.97 Å². The molecule has 1 heterocycles. The summed E-state index contributed by atoms with van der Waals surface area (Å²) in [5.41, 5.74) is 5.62. The van der Waals surface area contributed by atoms with Crippen LogP contribution in [0, 0.1) is 0 Å². The highest BCUT2D eigenvalue weighted by Gasteiger charge is 2.24. The first-order valence-electron chi connectivity index (χ1n) is 4.90. The van der Waals surface area contributed by atoms with E-state index in [0.717, 1.165) is 6.42 Å². The second-order valence-electron chi connectivity index (χ2n) is 4.12. The minimum absolute atomic E-state index is 0.00949. The second kappa shape index (κ2) is 4.23. The number of nitrogens with two attached hydrogens (primary N) is 1. The zero-order valence-corrected chi connectivity index (χ0v) is 10.3. The van der Waals surface area contributed by atoms with Crippen LogP contribution in [0.25, 0.3) is 0 Å². The third-order valence-corrected chi connectivity index (χ3v) is 3.25. The van der Waals surface area contributed by atoms with Crippen LogP contribution in [0.5, 0.6) is 0 Å². The summed E-state index contributed by atoms with van der Waals surface area (Å²) in [6.07, 6.45) is 2.42. The van der Waals surface area contributed by atoms with E-state index in [2.05, 4.69) is 30.7 Å². The van der Waals surface area contributed by atoms with Crippen molar-refractivity contribution >= 4 is 23.2 Å². The molecule has 0 aliphatic heterocycles. The maximum Gasteiger partial charge on any atom is 0.153 e. The van der Waals surface area contributed by atoms with Crippen LogP contribution >= 0.6 is 11.6 Å². The molecule has 84 valence electrons. The van der Waals surface area contributed by atoms with E-state index < -0.39 is 0 Å². The standard InChI is InChI=1S/C10H17ClN4/c1-5-10(2,3)15(4)9-7(11)8(12)13-6-14-9/h6H,5H2,1-4H3,(H2,12,13,14). The highest BCUT2D eigenvalue weighted by molar-refractivity contribution is 6.35. The highest BCUT2D eigenvalue weighted by Crippen LogP contribution is 2.31. The minimum atomic E-state index is -0.00949. The summed E-state index contributed by atoms with van der Waals surface area (Å²) in [7, 11) is 1.96. The van der Waals surface area contributed by atoms with E-state index in [4.69, 9.17) is 17.3 Å². The van der Waals surface area contributed by atoms with Crippen LogP contribution in [0.1, 0.15) is 27.2 Å². The van der Waals surface area contributed by atoms with Crippen molar-refractivity contribution in [2.24, 2.45) is 0 Å². The van der Waals surface area contributed by atoms with Crippen molar-refractivity contribution in [2.75, 3.05) is 17.7 Å². The number of nitrogen functional groups attached to an aromatic ring is 1. The number of halogens is 1. The van der Waals surface area contributed by atoms with Gasteiger partial charge in [-0.05, 0) is 20.3 Å². The van der Waals surface area contributed by atoms with Gasteiger partial charge in [-0.1, -0.05) is 18.5 Å². The number of hydrogen-bond donors (Lipinski definition) is 1. The molecule has 0 aliphatic carbocycles. The van der Waals surface area contributed by atoms with Gasteiger partial charge in [-0.3, -0.25) is 0 Å². The van der Waals surface area contributed by atoms with Gasteiger partial charge in [0.05, 0.1) is 0 Å². The lowest BCUT2D eigenvalue weighted by atomic mass is 10.0. The Morgan fingerprint density at radius 1 is 1.47 bits per heavy atom. The number of hydrogen-bond acceptors (Lipinski definition) is 4. The van der Waals surface area contributed by atoms with E-state index in [1.54, 1.807) is 0 Å². The molecule has 5 heteroatoms. The maximum atomic E-state index is 6.06. The Balaban J connectivity index is 3.12. The first kappa shape index (κ1) is 12.0. The summed E-state index contributed by atoms with van der Waals surface area (Å²) in [5, 5.41) is 0.418. The Hall–Kier alpha value is -1.03. The maximum absolute atomic E-state index is 6.06. The Morgan fingerprint density at radius 2 is 2.07 bits per heavy atom. The molecule has 4 nitrogen and oxygen atoms in total. The molecule has 0 bridgehead atoms. The fourth-order valence-electron chi connectivity index (χ4n) is 1.13. The lowest BCUT2D eigenvalue weighted by Gasteiger charge is -2.36. The third kappa shape index (κ3) is 2.31. The van der Waals surface area contributed by atoms with Gasteiger partial charge in [0.25, 0.3) is 0 Å². The van der Waals surface area contributed by atoms with Crippen LogP contribution in [0.2, 0.25) is 5.02 Å². The molecule has 0 saturated heterocycles. The molecule has 0 aromatic carbocycles. The molecule has 0 fully saturated rings. The van der Waals surface area contributed by atoms with E-state index in [1.165, 1.54) is 6.33 Å². The summed E-state index contributed by atoms with van der Waals surface area (Å²) in [6, 6.07) is 0. The topological polar surface area (TPSA) is 55.0 Å². The molecule has 0 atom stereocenters. The normalized spacial score (nSPS) is 11.5.